The monoisotopic (exact) mass is 292 g/mol. The molecule has 7 heteroatoms. The molecule has 0 aliphatic rings. The highest BCUT2D eigenvalue weighted by Gasteiger charge is 2.13. The number of benzene rings is 1. The number of hydrogen-bond acceptors (Lipinski definition) is 5. The van der Waals surface area contributed by atoms with Gasteiger partial charge in [-0.2, -0.15) is 0 Å². The molecule has 0 aromatic heterocycles. The van der Waals surface area contributed by atoms with Gasteiger partial charge in [0.05, 0.1) is 12.4 Å². The van der Waals surface area contributed by atoms with Crippen LogP contribution in [0.5, 0.6) is 5.75 Å². The van der Waals surface area contributed by atoms with E-state index in [-0.39, 0.29) is 30.3 Å². The first kappa shape index (κ1) is 14.8. The predicted octanol–water partition coefficient (Wildman–Crippen LogP) is 1.81. The van der Waals surface area contributed by atoms with E-state index in [2.05, 4.69) is 0 Å². The summed E-state index contributed by atoms with van der Waals surface area (Å²) in [7, 11) is 1.45. The Kier molecular flexibility index (Phi) is 5.43. The lowest BCUT2D eigenvalue weighted by atomic mass is 10.2. The van der Waals surface area contributed by atoms with E-state index in [4.69, 9.17) is 20.2 Å². The standard InChI is InChI=1S/C11H13ClO5S/c1-2-16-11(13)9-5-3-4-6-10(9)17-7-8-18(12,14)15/h3-6H,2,7-8H2,1H3. The van der Waals surface area contributed by atoms with Gasteiger partial charge in [-0.3, -0.25) is 0 Å². The van der Waals surface area contributed by atoms with E-state index in [0.29, 0.717) is 0 Å². The Morgan fingerprint density at radius 1 is 1.33 bits per heavy atom. The molecule has 1 rings (SSSR count). The van der Waals surface area contributed by atoms with Gasteiger partial charge in [-0.15, -0.1) is 0 Å². The van der Waals surface area contributed by atoms with Crippen LogP contribution in [0.15, 0.2) is 24.3 Å². The van der Waals surface area contributed by atoms with Crippen molar-refractivity contribution in [3.63, 3.8) is 0 Å². The molecule has 0 fully saturated rings. The largest absolute Gasteiger partial charge is 0.492 e. The van der Waals surface area contributed by atoms with Gasteiger partial charge in [0.1, 0.15) is 17.9 Å². The molecular weight excluding hydrogens is 280 g/mol. The summed E-state index contributed by atoms with van der Waals surface area (Å²) in [6, 6.07) is 6.44. The zero-order valence-electron chi connectivity index (χ0n) is 9.76. The average molecular weight is 293 g/mol. The first-order valence-electron chi connectivity index (χ1n) is 5.25. The van der Waals surface area contributed by atoms with Gasteiger partial charge >= 0.3 is 5.97 Å². The molecule has 1 aromatic rings. The van der Waals surface area contributed by atoms with Crippen molar-refractivity contribution < 1.29 is 22.7 Å². The smallest absolute Gasteiger partial charge is 0.341 e. The molecule has 18 heavy (non-hydrogen) atoms. The number of carbonyl (C=O) groups is 1. The van der Waals surface area contributed by atoms with Crippen LogP contribution in [0.4, 0.5) is 0 Å². The van der Waals surface area contributed by atoms with Gasteiger partial charge in [-0.25, -0.2) is 13.2 Å². The highest BCUT2D eigenvalue weighted by molar-refractivity contribution is 8.13. The summed E-state index contributed by atoms with van der Waals surface area (Å²) in [5.41, 5.74) is 0.256. The van der Waals surface area contributed by atoms with Crippen LogP contribution in [0, 0.1) is 0 Å². The van der Waals surface area contributed by atoms with Crippen LogP contribution >= 0.6 is 10.7 Å². The topological polar surface area (TPSA) is 69.7 Å². The molecule has 0 heterocycles. The molecule has 0 spiro atoms. The Bertz CT molecular complexity index is 512. The van der Waals surface area contributed by atoms with Crippen molar-refractivity contribution in [2.45, 2.75) is 6.92 Å². The van der Waals surface area contributed by atoms with Gasteiger partial charge in [0, 0.05) is 10.7 Å². The van der Waals surface area contributed by atoms with Crippen LogP contribution in [0.2, 0.25) is 0 Å². The van der Waals surface area contributed by atoms with Crippen LogP contribution in [-0.4, -0.2) is 33.4 Å². The normalized spacial score (nSPS) is 11.0. The molecule has 0 saturated heterocycles. The molecule has 5 nitrogen and oxygen atoms in total. The molecule has 0 aliphatic carbocycles. The summed E-state index contributed by atoms with van der Waals surface area (Å²) in [5, 5.41) is 0. The summed E-state index contributed by atoms with van der Waals surface area (Å²) in [6.07, 6.45) is 0. The number of hydrogen-bond donors (Lipinski definition) is 0. The first-order chi connectivity index (χ1) is 8.44. The first-order valence-corrected chi connectivity index (χ1v) is 7.73. The molecule has 0 saturated carbocycles. The Morgan fingerprint density at radius 3 is 2.61 bits per heavy atom. The maximum Gasteiger partial charge on any atom is 0.341 e. The van der Waals surface area contributed by atoms with Crippen molar-refractivity contribution in [3.05, 3.63) is 29.8 Å². The Morgan fingerprint density at radius 2 is 2.00 bits per heavy atom. The minimum atomic E-state index is -3.61. The maximum absolute atomic E-state index is 11.6. The van der Waals surface area contributed by atoms with E-state index in [0.717, 1.165) is 0 Å². The lowest BCUT2D eigenvalue weighted by Gasteiger charge is -2.09. The number of ether oxygens (including phenoxy) is 2. The minimum absolute atomic E-state index is 0.123. The Hall–Kier alpha value is -1.27. The predicted molar refractivity (Wildman–Crippen MR) is 67.5 cm³/mol. The Labute approximate surface area is 110 Å². The highest BCUT2D eigenvalue weighted by Crippen LogP contribution is 2.19. The van der Waals surface area contributed by atoms with Gasteiger partial charge in [0.15, 0.2) is 0 Å². The number of halogens is 1. The fourth-order valence-corrected chi connectivity index (χ4v) is 1.69. The van der Waals surface area contributed by atoms with E-state index >= 15 is 0 Å². The summed E-state index contributed by atoms with van der Waals surface area (Å²) >= 11 is 0. The van der Waals surface area contributed by atoms with Crippen molar-refractivity contribution in [1.82, 2.24) is 0 Å². The molecule has 0 bridgehead atoms. The van der Waals surface area contributed by atoms with Crippen molar-refractivity contribution in [2.24, 2.45) is 0 Å². The van der Waals surface area contributed by atoms with Gasteiger partial charge in [0.2, 0.25) is 9.05 Å². The number of rotatable bonds is 6. The van der Waals surface area contributed by atoms with Gasteiger partial charge in [-0.05, 0) is 19.1 Å². The summed E-state index contributed by atoms with van der Waals surface area (Å²) in [5.74, 6) is -0.566. The SMILES string of the molecule is CCOC(=O)c1ccccc1OCCS(=O)(=O)Cl. The number of para-hydroxylation sites is 1. The van der Waals surface area contributed by atoms with E-state index in [1.165, 1.54) is 0 Å². The molecule has 0 radical (unpaired) electrons. The third-order valence-corrected chi connectivity index (χ3v) is 3.08. The van der Waals surface area contributed by atoms with Crippen molar-refractivity contribution in [2.75, 3.05) is 19.0 Å². The second kappa shape index (κ2) is 6.61. The quantitative estimate of drug-likeness (QED) is 0.591. The minimum Gasteiger partial charge on any atom is -0.492 e. The van der Waals surface area contributed by atoms with E-state index in [9.17, 15) is 13.2 Å². The van der Waals surface area contributed by atoms with E-state index in [1.54, 1.807) is 31.2 Å². The molecule has 0 aliphatic heterocycles. The molecule has 0 unspecified atom stereocenters. The van der Waals surface area contributed by atoms with Crippen molar-refractivity contribution >= 4 is 25.7 Å². The van der Waals surface area contributed by atoms with E-state index in [1.807, 2.05) is 0 Å². The summed E-state index contributed by atoms with van der Waals surface area (Å²) in [4.78, 5) is 11.6. The highest BCUT2D eigenvalue weighted by atomic mass is 35.7. The van der Waals surface area contributed by atoms with Crippen molar-refractivity contribution in [1.29, 1.82) is 0 Å². The van der Waals surface area contributed by atoms with Crippen LogP contribution in [0.25, 0.3) is 0 Å². The second-order valence-corrected chi connectivity index (χ2v) is 6.20. The summed E-state index contributed by atoms with van der Waals surface area (Å²) < 4.78 is 31.5. The molecule has 0 amide bonds. The van der Waals surface area contributed by atoms with Crippen LogP contribution in [0.3, 0.4) is 0 Å². The maximum atomic E-state index is 11.6. The summed E-state index contributed by atoms with van der Waals surface area (Å²) in [6.45, 7) is 1.83. The zero-order valence-corrected chi connectivity index (χ0v) is 11.3. The zero-order chi connectivity index (χ0) is 13.6. The van der Waals surface area contributed by atoms with Gasteiger partial charge < -0.3 is 9.47 Å². The van der Waals surface area contributed by atoms with Crippen LogP contribution in [-0.2, 0) is 13.8 Å². The van der Waals surface area contributed by atoms with Crippen LogP contribution < -0.4 is 4.74 Å². The second-order valence-electron chi connectivity index (χ2n) is 3.31. The number of esters is 1. The third kappa shape index (κ3) is 4.93. The molecular formula is C11H13ClO5S. The van der Waals surface area contributed by atoms with Gasteiger partial charge in [-0.1, -0.05) is 12.1 Å². The average Bonchev–Trinajstić information content (AvgIpc) is 2.28. The lowest BCUT2D eigenvalue weighted by Crippen LogP contribution is -2.12. The van der Waals surface area contributed by atoms with Crippen LogP contribution in [0.1, 0.15) is 17.3 Å². The van der Waals surface area contributed by atoms with Crippen molar-refractivity contribution in [3.8, 4) is 5.75 Å². The number of carbonyl (C=O) groups excluding carboxylic acids is 1. The fraction of sp³-hybridized carbons (Fsp3) is 0.364. The molecule has 0 N–H and O–H groups in total. The van der Waals surface area contributed by atoms with E-state index < -0.39 is 15.0 Å². The fourth-order valence-electron chi connectivity index (χ4n) is 1.22. The third-order valence-electron chi connectivity index (χ3n) is 1.97. The lowest BCUT2D eigenvalue weighted by molar-refractivity contribution is 0.0522. The molecule has 0 atom stereocenters. The Balaban J connectivity index is 2.73. The van der Waals surface area contributed by atoms with Gasteiger partial charge in [0.25, 0.3) is 0 Å². The molecule has 1 aromatic carbocycles. The molecule has 100 valence electrons.